The number of rotatable bonds is 6. The van der Waals surface area contributed by atoms with Gasteiger partial charge in [0.05, 0.1) is 21.7 Å². The summed E-state index contributed by atoms with van der Waals surface area (Å²) in [5.74, 6) is -1.68. The van der Waals surface area contributed by atoms with E-state index in [-0.39, 0.29) is 11.3 Å². The van der Waals surface area contributed by atoms with E-state index in [9.17, 15) is 29.2 Å². The van der Waals surface area contributed by atoms with Gasteiger partial charge in [0.1, 0.15) is 4.75 Å². The van der Waals surface area contributed by atoms with Crippen LogP contribution in [0.2, 0.25) is 0 Å². The third-order valence-electron chi connectivity index (χ3n) is 2.85. The molecule has 1 unspecified atom stereocenters. The Bertz CT molecular complexity index is 641. The Morgan fingerprint density at radius 1 is 1.29 bits per heavy atom. The molecule has 0 radical (unpaired) electrons. The van der Waals surface area contributed by atoms with E-state index in [4.69, 9.17) is 5.11 Å². The molecule has 0 spiro atoms. The van der Waals surface area contributed by atoms with Gasteiger partial charge in [-0.3, -0.25) is 29.2 Å². The average molecular weight is 316 g/mol. The summed E-state index contributed by atoms with van der Waals surface area (Å²) in [5, 5.41) is 30.5. The molecular weight excluding hydrogens is 304 g/mol. The van der Waals surface area contributed by atoms with E-state index in [2.05, 4.69) is 0 Å². The highest BCUT2D eigenvalue weighted by molar-refractivity contribution is 7.86. The molecule has 1 aromatic rings. The molecule has 0 aliphatic carbocycles. The maximum Gasteiger partial charge on any atom is 0.321 e. The Morgan fingerprint density at radius 2 is 1.86 bits per heavy atom. The van der Waals surface area contributed by atoms with Gasteiger partial charge in [-0.25, -0.2) is 0 Å². The molecule has 21 heavy (non-hydrogen) atoms. The fraction of sp³-hybridized carbons (Fsp3) is 0.364. The van der Waals surface area contributed by atoms with Crippen molar-refractivity contribution in [1.82, 2.24) is 0 Å². The van der Waals surface area contributed by atoms with Crippen molar-refractivity contribution in [1.29, 1.82) is 0 Å². The number of hydrogen-bond donors (Lipinski definition) is 1. The van der Waals surface area contributed by atoms with Gasteiger partial charge in [0.15, 0.2) is 0 Å². The molecule has 1 rings (SSSR count). The fourth-order valence-corrected chi connectivity index (χ4v) is 2.46. The van der Waals surface area contributed by atoms with Gasteiger partial charge in [0, 0.05) is 22.4 Å². The van der Waals surface area contributed by atoms with Crippen LogP contribution in [0.15, 0.2) is 18.2 Å². The molecule has 0 bridgehead atoms. The highest BCUT2D eigenvalue weighted by atomic mass is 32.2. The van der Waals surface area contributed by atoms with E-state index in [1.54, 1.807) is 0 Å². The van der Waals surface area contributed by atoms with Crippen molar-refractivity contribution < 1.29 is 24.0 Å². The molecule has 1 N–H and O–H groups in total. The molecule has 0 saturated carbocycles. The Labute approximate surface area is 121 Å². The summed E-state index contributed by atoms with van der Waals surface area (Å²) in [6, 6.07) is 2.93. The standard InChI is InChI=1S/C11H12N2O7S/c1-11(2,10(14)15)21(20)6-7-3-4-8(12(16)17)5-9(7)13(18)19/h3-5H,6H2,1-2H3,(H,14,15). The van der Waals surface area contributed by atoms with Gasteiger partial charge < -0.3 is 5.11 Å². The molecule has 1 aromatic carbocycles. The van der Waals surface area contributed by atoms with Gasteiger partial charge in [-0.15, -0.1) is 0 Å². The number of carbonyl (C=O) groups is 1. The van der Waals surface area contributed by atoms with Crippen LogP contribution in [0.25, 0.3) is 0 Å². The van der Waals surface area contributed by atoms with Crippen molar-refractivity contribution in [3.8, 4) is 0 Å². The first-order valence-electron chi connectivity index (χ1n) is 5.61. The smallest absolute Gasteiger partial charge is 0.321 e. The number of aliphatic carboxylic acids is 1. The average Bonchev–Trinajstić information content (AvgIpc) is 2.38. The first kappa shape index (κ1) is 16.7. The third kappa shape index (κ3) is 3.60. The van der Waals surface area contributed by atoms with Gasteiger partial charge in [0.2, 0.25) is 0 Å². The van der Waals surface area contributed by atoms with Crippen LogP contribution >= 0.6 is 0 Å². The third-order valence-corrected chi connectivity index (χ3v) is 4.73. The quantitative estimate of drug-likeness (QED) is 0.620. The van der Waals surface area contributed by atoms with Crippen LogP contribution in [-0.2, 0) is 21.3 Å². The van der Waals surface area contributed by atoms with Crippen LogP contribution in [0.1, 0.15) is 19.4 Å². The Morgan fingerprint density at radius 3 is 2.29 bits per heavy atom. The van der Waals surface area contributed by atoms with Gasteiger partial charge in [-0.2, -0.15) is 0 Å². The summed E-state index contributed by atoms with van der Waals surface area (Å²) in [6.45, 7) is 2.48. The lowest BCUT2D eigenvalue weighted by atomic mass is 10.2. The molecule has 114 valence electrons. The lowest BCUT2D eigenvalue weighted by molar-refractivity contribution is -0.394. The van der Waals surface area contributed by atoms with E-state index in [0.717, 1.165) is 18.2 Å². The number of non-ortho nitro benzene ring substituents is 1. The van der Waals surface area contributed by atoms with E-state index in [1.165, 1.54) is 13.8 Å². The summed E-state index contributed by atoms with van der Waals surface area (Å²) in [6.07, 6.45) is 0. The van der Waals surface area contributed by atoms with E-state index in [0.29, 0.717) is 0 Å². The number of benzene rings is 1. The highest BCUT2D eigenvalue weighted by Gasteiger charge is 2.35. The van der Waals surface area contributed by atoms with E-state index in [1.807, 2.05) is 0 Å². The molecule has 0 aliphatic rings. The highest BCUT2D eigenvalue weighted by Crippen LogP contribution is 2.28. The summed E-state index contributed by atoms with van der Waals surface area (Å²) >= 11 is 0. The summed E-state index contributed by atoms with van der Waals surface area (Å²) in [7, 11) is -1.93. The molecule has 10 heteroatoms. The van der Waals surface area contributed by atoms with E-state index >= 15 is 0 Å². The second kappa shape index (κ2) is 5.95. The van der Waals surface area contributed by atoms with Crippen molar-refractivity contribution >= 4 is 28.1 Å². The van der Waals surface area contributed by atoms with Crippen molar-refractivity contribution in [2.45, 2.75) is 24.3 Å². The molecule has 0 fully saturated rings. The minimum atomic E-state index is -1.93. The normalized spacial score (nSPS) is 12.7. The first-order chi connectivity index (χ1) is 9.57. The monoisotopic (exact) mass is 316 g/mol. The van der Waals surface area contributed by atoms with Gasteiger partial charge in [-0.1, -0.05) is 0 Å². The number of carboxylic acid groups (broad SMARTS) is 1. The number of nitrogens with zero attached hydrogens (tertiary/aromatic N) is 2. The second-order valence-corrected chi connectivity index (χ2v) is 6.63. The maximum absolute atomic E-state index is 12.0. The largest absolute Gasteiger partial charge is 0.480 e. The zero-order valence-corrected chi connectivity index (χ0v) is 12.0. The van der Waals surface area contributed by atoms with Gasteiger partial charge >= 0.3 is 5.97 Å². The number of carboxylic acids is 1. The predicted octanol–water partition coefficient (Wildman–Crippen LogP) is 1.61. The molecule has 0 aromatic heterocycles. The van der Waals surface area contributed by atoms with Crippen LogP contribution < -0.4 is 0 Å². The summed E-state index contributed by atoms with van der Waals surface area (Å²) in [5.41, 5.74) is -1.04. The Hall–Kier alpha value is -2.36. The number of nitro benzene ring substituents is 2. The van der Waals surface area contributed by atoms with Crippen molar-refractivity contribution in [2.24, 2.45) is 0 Å². The maximum atomic E-state index is 12.0. The minimum absolute atomic E-state index is 0.0155. The Balaban J connectivity index is 3.20. The van der Waals surface area contributed by atoms with Crippen molar-refractivity contribution in [2.75, 3.05) is 0 Å². The van der Waals surface area contributed by atoms with Crippen LogP contribution in [0.4, 0.5) is 11.4 Å². The topological polar surface area (TPSA) is 141 Å². The lowest BCUT2D eigenvalue weighted by Gasteiger charge is -2.18. The SMILES string of the molecule is CC(C)(C(=O)O)S(=O)Cc1ccc([N+](=O)[O-])cc1[N+](=O)[O-]. The first-order valence-corrected chi connectivity index (χ1v) is 6.93. The summed E-state index contributed by atoms with van der Waals surface area (Å²) < 4.78 is 10.5. The lowest BCUT2D eigenvalue weighted by Crippen LogP contribution is -2.37. The van der Waals surface area contributed by atoms with Crippen LogP contribution in [-0.4, -0.2) is 29.9 Å². The minimum Gasteiger partial charge on any atom is -0.480 e. The van der Waals surface area contributed by atoms with Crippen LogP contribution in [0.3, 0.4) is 0 Å². The molecule has 9 nitrogen and oxygen atoms in total. The van der Waals surface area contributed by atoms with Gasteiger partial charge in [0.25, 0.3) is 11.4 Å². The van der Waals surface area contributed by atoms with Crippen LogP contribution in [0, 0.1) is 20.2 Å². The zero-order valence-electron chi connectivity index (χ0n) is 11.1. The predicted molar refractivity (Wildman–Crippen MR) is 73.3 cm³/mol. The second-order valence-electron chi connectivity index (χ2n) is 4.63. The Kier molecular flexibility index (Phi) is 4.73. The number of hydrogen-bond acceptors (Lipinski definition) is 6. The molecule has 0 heterocycles. The van der Waals surface area contributed by atoms with Crippen molar-refractivity contribution in [3.63, 3.8) is 0 Å². The molecule has 1 atom stereocenters. The van der Waals surface area contributed by atoms with Crippen LogP contribution in [0.5, 0.6) is 0 Å². The van der Waals surface area contributed by atoms with Gasteiger partial charge in [-0.05, 0) is 19.9 Å². The summed E-state index contributed by atoms with van der Waals surface area (Å²) in [4.78, 5) is 30.9. The number of nitro groups is 2. The van der Waals surface area contributed by atoms with Crippen molar-refractivity contribution in [3.05, 3.63) is 44.0 Å². The molecule has 0 saturated heterocycles. The zero-order chi connectivity index (χ0) is 16.4. The molecule has 0 aliphatic heterocycles. The molecule has 0 amide bonds. The van der Waals surface area contributed by atoms with E-state index < -0.39 is 42.7 Å². The molecular formula is C11H12N2O7S. The fourth-order valence-electron chi connectivity index (χ4n) is 1.38.